The van der Waals surface area contributed by atoms with Crippen LogP contribution in [0, 0.1) is 5.41 Å². The minimum Gasteiger partial charge on any atom is -0.334 e. The minimum atomic E-state index is 0.0566. The number of nitrogens with one attached hydrogen (secondary N) is 1. The van der Waals surface area contributed by atoms with Gasteiger partial charge in [-0.25, -0.2) is 4.79 Å². The maximum atomic E-state index is 12.8. The van der Waals surface area contributed by atoms with E-state index in [-0.39, 0.29) is 6.03 Å². The summed E-state index contributed by atoms with van der Waals surface area (Å²) in [5.41, 5.74) is 3.62. The predicted octanol–water partition coefficient (Wildman–Crippen LogP) is 2.71. The van der Waals surface area contributed by atoms with Gasteiger partial charge in [-0.15, -0.1) is 0 Å². The number of piperidine rings is 1. The van der Waals surface area contributed by atoms with Crippen molar-refractivity contribution in [3.63, 3.8) is 0 Å². The molecule has 2 amide bonds. The molecule has 0 saturated carbocycles. The van der Waals surface area contributed by atoms with Crippen molar-refractivity contribution < 1.29 is 4.79 Å². The van der Waals surface area contributed by atoms with Gasteiger partial charge in [-0.2, -0.15) is 5.10 Å². The van der Waals surface area contributed by atoms with E-state index in [1.165, 1.54) is 19.4 Å². The number of aryl methyl sites for hydroxylation is 1. The van der Waals surface area contributed by atoms with Gasteiger partial charge in [0.15, 0.2) is 0 Å². The van der Waals surface area contributed by atoms with Gasteiger partial charge in [0.05, 0.1) is 6.20 Å². The molecule has 6 heteroatoms. The molecule has 1 spiro atoms. The van der Waals surface area contributed by atoms with Crippen LogP contribution in [0.4, 0.5) is 4.79 Å². The van der Waals surface area contributed by atoms with Crippen LogP contribution in [0.2, 0.25) is 0 Å². The molecular formula is C21H29N5O. The van der Waals surface area contributed by atoms with Crippen molar-refractivity contribution in [2.24, 2.45) is 12.5 Å². The zero-order valence-electron chi connectivity index (χ0n) is 16.3. The van der Waals surface area contributed by atoms with E-state index in [0.717, 1.165) is 42.7 Å². The fourth-order valence-electron chi connectivity index (χ4n) is 4.70. The van der Waals surface area contributed by atoms with Gasteiger partial charge in [-0.1, -0.05) is 24.3 Å². The lowest BCUT2D eigenvalue weighted by Crippen LogP contribution is -2.45. The highest BCUT2D eigenvalue weighted by Crippen LogP contribution is 2.38. The zero-order chi connectivity index (χ0) is 18.9. The molecule has 3 heterocycles. The van der Waals surface area contributed by atoms with Crippen LogP contribution in [0.1, 0.15) is 24.8 Å². The average Bonchev–Trinajstić information content (AvgIpc) is 3.26. The Morgan fingerprint density at radius 3 is 2.81 bits per heavy atom. The molecule has 27 heavy (non-hydrogen) atoms. The number of carbonyl (C=O) groups excluding carboxylic acids is 1. The van der Waals surface area contributed by atoms with Gasteiger partial charge >= 0.3 is 6.03 Å². The van der Waals surface area contributed by atoms with E-state index in [4.69, 9.17) is 0 Å². The first-order chi connectivity index (χ1) is 13.0. The molecule has 0 radical (unpaired) electrons. The van der Waals surface area contributed by atoms with Gasteiger partial charge in [-0.05, 0) is 44.0 Å². The van der Waals surface area contributed by atoms with Crippen LogP contribution in [0.3, 0.4) is 0 Å². The van der Waals surface area contributed by atoms with Gasteiger partial charge in [0.1, 0.15) is 0 Å². The lowest BCUT2D eigenvalue weighted by Gasteiger charge is -2.38. The summed E-state index contributed by atoms with van der Waals surface area (Å²) in [5.74, 6) is 0. The van der Waals surface area contributed by atoms with Crippen LogP contribution >= 0.6 is 0 Å². The van der Waals surface area contributed by atoms with Crippen LogP contribution in [-0.4, -0.2) is 58.8 Å². The number of hydrogen-bond donors (Lipinski definition) is 1. The summed E-state index contributed by atoms with van der Waals surface area (Å²) in [6, 6.07) is 8.26. The summed E-state index contributed by atoms with van der Waals surface area (Å²) in [7, 11) is 4.11. The first-order valence-corrected chi connectivity index (χ1v) is 9.83. The SMILES string of the molecule is CN1CCCC2(CCN(C(=O)NCc3ccccc3-c3cnn(C)c3)C2)C1. The van der Waals surface area contributed by atoms with E-state index >= 15 is 0 Å². The van der Waals surface area contributed by atoms with E-state index < -0.39 is 0 Å². The second-order valence-corrected chi connectivity index (χ2v) is 8.23. The van der Waals surface area contributed by atoms with Crippen LogP contribution in [0.25, 0.3) is 11.1 Å². The molecule has 2 aliphatic heterocycles. The van der Waals surface area contributed by atoms with Gasteiger partial charge in [0, 0.05) is 50.4 Å². The van der Waals surface area contributed by atoms with Crippen molar-refractivity contribution >= 4 is 6.03 Å². The third kappa shape index (κ3) is 3.86. The van der Waals surface area contributed by atoms with Gasteiger partial charge in [0.2, 0.25) is 0 Å². The zero-order valence-corrected chi connectivity index (χ0v) is 16.3. The molecule has 2 aliphatic rings. The fourth-order valence-corrected chi connectivity index (χ4v) is 4.70. The van der Waals surface area contributed by atoms with Gasteiger partial charge in [0.25, 0.3) is 0 Å². The van der Waals surface area contributed by atoms with E-state index in [0.29, 0.717) is 12.0 Å². The van der Waals surface area contributed by atoms with Crippen molar-refractivity contribution in [2.75, 3.05) is 33.2 Å². The number of carbonyl (C=O) groups is 1. The molecule has 144 valence electrons. The molecule has 1 aromatic carbocycles. The van der Waals surface area contributed by atoms with Crippen LogP contribution in [0.5, 0.6) is 0 Å². The van der Waals surface area contributed by atoms with Crippen molar-refractivity contribution in [2.45, 2.75) is 25.8 Å². The van der Waals surface area contributed by atoms with E-state index in [1.54, 1.807) is 4.68 Å². The molecule has 4 rings (SSSR count). The molecule has 2 fully saturated rings. The van der Waals surface area contributed by atoms with Crippen LogP contribution in [0.15, 0.2) is 36.7 Å². The molecular weight excluding hydrogens is 338 g/mol. The first-order valence-electron chi connectivity index (χ1n) is 9.83. The second-order valence-electron chi connectivity index (χ2n) is 8.23. The molecule has 1 aromatic heterocycles. The topological polar surface area (TPSA) is 53.4 Å². The van der Waals surface area contributed by atoms with Crippen molar-refractivity contribution in [1.29, 1.82) is 0 Å². The molecule has 1 unspecified atom stereocenters. The smallest absolute Gasteiger partial charge is 0.317 e. The van der Waals surface area contributed by atoms with Crippen molar-refractivity contribution in [3.8, 4) is 11.1 Å². The second kappa shape index (κ2) is 7.35. The molecule has 2 saturated heterocycles. The standard InChI is InChI=1S/C21H29N5O/c1-24-10-5-8-21(15-24)9-11-26(16-21)20(27)22-12-17-6-3-4-7-19(17)18-13-23-25(2)14-18/h3-4,6-7,13-14H,5,8-12,15-16H2,1-2H3,(H,22,27). The van der Waals surface area contributed by atoms with Gasteiger partial charge in [-0.3, -0.25) is 4.68 Å². The number of nitrogens with zero attached hydrogens (tertiary/aromatic N) is 4. The molecule has 6 nitrogen and oxygen atoms in total. The highest BCUT2D eigenvalue weighted by Gasteiger charge is 2.41. The summed E-state index contributed by atoms with van der Waals surface area (Å²) in [4.78, 5) is 17.2. The maximum absolute atomic E-state index is 12.8. The lowest BCUT2D eigenvalue weighted by molar-refractivity contribution is 0.115. The summed E-state index contributed by atoms with van der Waals surface area (Å²) in [6.07, 6.45) is 7.47. The summed E-state index contributed by atoms with van der Waals surface area (Å²) >= 11 is 0. The molecule has 0 bridgehead atoms. The Bertz CT molecular complexity index is 816. The molecule has 1 atom stereocenters. The van der Waals surface area contributed by atoms with E-state index in [2.05, 4.69) is 34.5 Å². The Hall–Kier alpha value is -2.34. The fraction of sp³-hybridized carbons (Fsp3) is 0.524. The largest absolute Gasteiger partial charge is 0.334 e. The number of amides is 2. The Morgan fingerprint density at radius 1 is 1.19 bits per heavy atom. The number of aromatic nitrogens is 2. The summed E-state index contributed by atoms with van der Waals surface area (Å²) in [6.45, 7) is 4.57. The van der Waals surface area contributed by atoms with Crippen molar-refractivity contribution in [3.05, 3.63) is 42.2 Å². The van der Waals surface area contributed by atoms with Gasteiger partial charge < -0.3 is 15.1 Å². The normalized spacial score (nSPS) is 23.1. The third-order valence-corrected chi connectivity index (χ3v) is 6.04. The third-order valence-electron chi connectivity index (χ3n) is 6.04. The molecule has 2 aromatic rings. The molecule has 1 N–H and O–H groups in total. The Labute approximate surface area is 161 Å². The van der Waals surface area contributed by atoms with E-state index in [9.17, 15) is 4.79 Å². The summed E-state index contributed by atoms with van der Waals surface area (Å²) < 4.78 is 1.80. The minimum absolute atomic E-state index is 0.0566. The first kappa shape index (κ1) is 18.0. The Morgan fingerprint density at radius 2 is 2.04 bits per heavy atom. The highest BCUT2D eigenvalue weighted by atomic mass is 16.2. The number of rotatable bonds is 3. The van der Waals surface area contributed by atoms with Crippen molar-refractivity contribution in [1.82, 2.24) is 24.9 Å². The summed E-state index contributed by atoms with van der Waals surface area (Å²) in [5, 5.41) is 7.40. The number of hydrogen-bond acceptors (Lipinski definition) is 3. The number of likely N-dealkylation sites (tertiary alicyclic amines) is 2. The van der Waals surface area contributed by atoms with E-state index in [1.807, 2.05) is 36.5 Å². The Kier molecular flexibility index (Phi) is 4.91. The monoisotopic (exact) mass is 367 g/mol. The molecule has 0 aliphatic carbocycles. The maximum Gasteiger partial charge on any atom is 0.317 e. The van der Waals surface area contributed by atoms with Crippen LogP contribution < -0.4 is 5.32 Å². The number of urea groups is 1. The lowest BCUT2D eigenvalue weighted by atomic mass is 9.79. The Balaban J connectivity index is 1.39. The number of benzene rings is 1. The highest BCUT2D eigenvalue weighted by molar-refractivity contribution is 5.75. The predicted molar refractivity (Wildman–Crippen MR) is 106 cm³/mol. The van der Waals surface area contributed by atoms with Crippen LogP contribution in [-0.2, 0) is 13.6 Å². The quantitative estimate of drug-likeness (QED) is 0.908. The average molecular weight is 367 g/mol.